The summed E-state index contributed by atoms with van der Waals surface area (Å²) in [4.78, 5) is 24.2. The molecule has 0 bridgehead atoms. The Kier molecular flexibility index (Phi) is 4.57. The molecule has 1 saturated heterocycles. The Hall–Kier alpha value is -1.95. The van der Waals surface area contributed by atoms with Crippen LogP contribution in [0, 0.1) is 16.0 Å². The van der Waals surface area contributed by atoms with E-state index in [2.05, 4.69) is 19.2 Å². The number of non-ortho nitro benzene ring substituents is 1. The van der Waals surface area contributed by atoms with E-state index in [0.717, 1.165) is 12.0 Å². The molecule has 114 valence electrons. The Bertz CT molecular complexity index is 527. The van der Waals surface area contributed by atoms with Gasteiger partial charge in [0.25, 0.3) is 5.69 Å². The van der Waals surface area contributed by atoms with Crippen LogP contribution in [-0.4, -0.2) is 28.3 Å². The third kappa shape index (κ3) is 3.39. The van der Waals surface area contributed by atoms with Crippen LogP contribution in [0.15, 0.2) is 24.3 Å². The number of nitro benzene ring substituents is 1. The van der Waals surface area contributed by atoms with Crippen LogP contribution in [-0.2, 0) is 4.79 Å². The molecular weight excluding hydrogens is 270 g/mol. The van der Waals surface area contributed by atoms with Gasteiger partial charge >= 0.3 is 0 Å². The fourth-order valence-corrected chi connectivity index (χ4v) is 2.87. The standard InChI is InChI=1S/C15H21N3O3/c1-10(2)8-11(3)17-14(19)9-16-15(17)12-4-6-13(7-5-12)18(20)21/h4-7,10-11,15-16H,8-9H2,1-3H3. The van der Waals surface area contributed by atoms with E-state index in [1.807, 2.05) is 11.8 Å². The van der Waals surface area contributed by atoms with Gasteiger partial charge in [0.15, 0.2) is 0 Å². The van der Waals surface area contributed by atoms with Gasteiger partial charge in [-0.15, -0.1) is 0 Å². The van der Waals surface area contributed by atoms with Crippen molar-refractivity contribution in [3.63, 3.8) is 0 Å². The number of benzene rings is 1. The monoisotopic (exact) mass is 291 g/mol. The van der Waals surface area contributed by atoms with Crippen molar-refractivity contribution in [3.8, 4) is 0 Å². The first-order chi connectivity index (χ1) is 9.90. The van der Waals surface area contributed by atoms with Crippen LogP contribution in [0.25, 0.3) is 0 Å². The zero-order chi connectivity index (χ0) is 15.6. The number of amides is 1. The van der Waals surface area contributed by atoms with Gasteiger partial charge in [0.1, 0.15) is 6.17 Å². The average molecular weight is 291 g/mol. The minimum atomic E-state index is -0.420. The van der Waals surface area contributed by atoms with Crippen LogP contribution in [0.5, 0.6) is 0 Å². The third-order valence-corrected chi connectivity index (χ3v) is 3.72. The van der Waals surface area contributed by atoms with Gasteiger partial charge < -0.3 is 4.90 Å². The second-order valence-corrected chi connectivity index (χ2v) is 5.91. The molecule has 1 aliphatic rings. The SMILES string of the molecule is CC(C)CC(C)N1C(=O)CNC1c1ccc([N+](=O)[O-])cc1. The molecule has 2 unspecified atom stereocenters. The highest BCUT2D eigenvalue weighted by atomic mass is 16.6. The Labute approximate surface area is 124 Å². The lowest BCUT2D eigenvalue weighted by molar-refractivity contribution is -0.384. The number of carbonyl (C=O) groups is 1. The third-order valence-electron chi connectivity index (χ3n) is 3.72. The summed E-state index contributed by atoms with van der Waals surface area (Å²) in [5.74, 6) is 0.581. The summed E-state index contributed by atoms with van der Waals surface area (Å²) in [6.45, 7) is 6.62. The van der Waals surface area contributed by atoms with E-state index >= 15 is 0 Å². The van der Waals surface area contributed by atoms with Crippen molar-refractivity contribution in [3.05, 3.63) is 39.9 Å². The van der Waals surface area contributed by atoms with Gasteiger partial charge in [0.05, 0.1) is 11.5 Å². The van der Waals surface area contributed by atoms with Gasteiger partial charge in [-0.25, -0.2) is 0 Å². The largest absolute Gasteiger partial charge is 0.319 e. The van der Waals surface area contributed by atoms with E-state index in [9.17, 15) is 14.9 Å². The van der Waals surface area contributed by atoms with Crippen molar-refractivity contribution < 1.29 is 9.72 Å². The van der Waals surface area contributed by atoms with Gasteiger partial charge in [0.2, 0.25) is 5.91 Å². The smallest absolute Gasteiger partial charge is 0.269 e. The molecule has 1 amide bonds. The molecular formula is C15H21N3O3. The van der Waals surface area contributed by atoms with Crippen LogP contribution >= 0.6 is 0 Å². The number of nitro groups is 1. The van der Waals surface area contributed by atoms with Gasteiger partial charge in [0, 0.05) is 18.2 Å². The number of hydrogen-bond donors (Lipinski definition) is 1. The van der Waals surface area contributed by atoms with Crippen LogP contribution in [0.4, 0.5) is 5.69 Å². The number of hydrogen-bond acceptors (Lipinski definition) is 4. The van der Waals surface area contributed by atoms with Gasteiger partial charge in [-0.2, -0.15) is 0 Å². The maximum atomic E-state index is 12.1. The minimum absolute atomic E-state index is 0.0600. The number of nitrogens with zero attached hydrogens (tertiary/aromatic N) is 2. The fourth-order valence-electron chi connectivity index (χ4n) is 2.87. The average Bonchev–Trinajstić information content (AvgIpc) is 2.80. The summed E-state index contributed by atoms with van der Waals surface area (Å²) >= 11 is 0. The second-order valence-electron chi connectivity index (χ2n) is 5.91. The molecule has 21 heavy (non-hydrogen) atoms. The van der Waals surface area contributed by atoms with Crippen LogP contribution < -0.4 is 5.32 Å². The van der Waals surface area contributed by atoms with Gasteiger partial charge in [-0.05, 0) is 37.0 Å². The Morgan fingerprint density at radius 3 is 2.48 bits per heavy atom. The normalized spacial score (nSPS) is 20.1. The molecule has 1 fully saturated rings. The molecule has 0 aliphatic carbocycles. The summed E-state index contributed by atoms with van der Waals surface area (Å²) in [5, 5.41) is 13.9. The predicted octanol–water partition coefficient (Wildman–Crippen LogP) is 2.46. The molecule has 0 saturated carbocycles. The Morgan fingerprint density at radius 1 is 1.33 bits per heavy atom. The molecule has 6 nitrogen and oxygen atoms in total. The van der Waals surface area contributed by atoms with Crippen molar-refractivity contribution in [2.45, 2.75) is 39.4 Å². The van der Waals surface area contributed by atoms with E-state index in [4.69, 9.17) is 0 Å². The van der Waals surface area contributed by atoms with Gasteiger partial charge in [-0.1, -0.05) is 13.8 Å². The first kappa shape index (κ1) is 15.4. The molecule has 0 radical (unpaired) electrons. The molecule has 2 atom stereocenters. The van der Waals surface area contributed by atoms with Crippen molar-refractivity contribution >= 4 is 11.6 Å². The molecule has 0 aromatic heterocycles. The highest BCUT2D eigenvalue weighted by Gasteiger charge is 2.35. The quantitative estimate of drug-likeness (QED) is 0.668. The molecule has 1 N–H and O–H groups in total. The summed E-state index contributed by atoms with van der Waals surface area (Å²) in [5.41, 5.74) is 0.937. The molecule has 1 aliphatic heterocycles. The Balaban J connectivity index is 2.20. The van der Waals surface area contributed by atoms with Crippen LogP contribution in [0.2, 0.25) is 0 Å². The van der Waals surface area contributed by atoms with E-state index in [0.29, 0.717) is 12.5 Å². The number of nitrogens with one attached hydrogen (secondary N) is 1. The molecule has 0 spiro atoms. The maximum absolute atomic E-state index is 12.1. The zero-order valence-electron chi connectivity index (χ0n) is 12.6. The molecule has 1 heterocycles. The topological polar surface area (TPSA) is 75.5 Å². The van der Waals surface area contributed by atoms with Crippen molar-refractivity contribution in [1.82, 2.24) is 10.2 Å². The molecule has 2 rings (SSSR count). The Morgan fingerprint density at radius 2 is 1.95 bits per heavy atom. The predicted molar refractivity (Wildman–Crippen MR) is 79.6 cm³/mol. The summed E-state index contributed by atoms with van der Waals surface area (Å²) in [7, 11) is 0. The van der Waals surface area contributed by atoms with E-state index in [1.165, 1.54) is 12.1 Å². The molecule has 1 aromatic rings. The minimum Gasteiger partial charge on any atom is -0.319 e. The highest BCUT2D eigenvalue weighted by molar-refractivity contribution is 5.81. The first-order valence-electron chi connectivity index (χ1n) is 7.19. The van der Waals surface area contributed by atoms with Gasteiger partial charge in [-0.3, -0.25) is 20.2 Å². The number of rotatable bonds is 5. The first-order valence-corrected chi connectivity index (χ1v) is 7.19. The highest BCUT2D eigenvalue weighted by Crippen LogP contribution is 2.28. The zero-order valence-corrected chi connectivity index (χ0v) is 12.6. The van der Waals surface area contributed by atoms with E-state index in [1.54, 1.807) is 12.1 Å². The fraction of sp³-hybridized carbons (Fsp3) is 0.533. The van der Waals surface area contributed by atoms with Crippen molar-refractivity contribution in [2.24, 2.45) is 5.92 Å². The maximum Gasteiger partial charge on any atom is 0.269 e. The summed E-state index contributed by atoms with van der Waals surface area (Å²) in [6, 6.07) is 6.51. The summed E-state index contributed by atoms with van der Waals surface area (Å²) < 4.78 is 0. The lowest BCUT2D eigenvalue weighted by atomic mass is 10.0. The molecule has 1 aromatic carbocycles. The van der Waals surface area contributed by atoms with Crippen molar-refractivity contribution in [2.75, 3.05) is 6.54 Å². The lowest BCUT2D eigenvalue weighted by Gasteiger charge is -2.31. The van der Waals surface area contributed by atoms with E-state index in [-0.39, 0.29) is 23.8 Å². The lowest BCUT2D eigenvalue weighted by Crippen LogP contribution is -2.38. The van der Waals surface area contributed by atoms with Crippen LogP contribution in [0.3, 0.4) is 0 Å². The number of carbonyl (C=O) groups excluding carboxylic acids is 1. The summed E-state index contributed by atoms with van der Waals surface area (Å²) in [6.07, 6.45) is 0.726. The molecule has 6 heteroatoms. The van der Waals surface area contributed by atoms with Crippen LogP contribution in [0.1, 0.15) is 38.9 Å². The van der Waals surface area contributed by atoms with Crippen molar-refractivity contribution in [1.29, 1.82) is 0 Å². The second kappa shape index (κ2) is 6.22. The van der Waals surface area contributed by atoms with E-state index < -0.39 is 4.92 Å².